The number of aromatic nitrogens is 2. The molecule has 158 valence electrons. The third-order valence-corrected chi connectivity index (χ3v) is 5.99. The van der Waals surface area contributed by atoms with Gasteiger partial charge in [-0.15, -0.1) is 0 Å². The molecule has 1 amide bonds. The molecule has 0 radical (unpaired) electrons. The van der Waals surface area contributed by atoms with Gasteiger partial charge in [0.05, 0.1) is 24.6 Å². The van der Waals surface area contributed by atoms with Crippen molar-refractivity contribution in [3.63, 3.8) is 0 Å². The lowest BCUT2D eigenvalue weighted by Gasteiger charge is -2.34. The number of carbonyl (C=O) groups is 1. The molecule has 1 atom stereocenters. The SMILES string of the molecule is CN(C(=O)c1ccn2c(Cl)ccc2c1)[C@@H]1COCc2[nH]c(=O)c3cc(F)c(F)cc3c21. The number of pyridine rings is 2. The maximum absolute atomic E-state index is 14.0. The number of fused-ring (bicyclic) bond motifs is 4. The molecule has 1 aliphatic heterocycles. The Labute approximate surface area is 179 Å². The van der Waals surface area contributed by atoms with Crippen LogP contribution in [0.15, 0.2) is 47.4 Å². The maximum atomic E-state index is 14.0. The summed E-state index contributed by atoms with van der Waals surface area (Å²) in [6, 6.07) is 8.18. The molecular weight excluding hydrogens is 428 g/mol. The molecule has 3 aromatic heterocycles. The molecular formula is C22H16ClF2N3O3. The van der Waals surface area contributed by atoms with Crippen molar-refractivity contribution in [2.45, 2.75) is 12.6 Å². The summed E-state index contributed by atoms with van der Waals surface area (Å²) < 4.78 is 35.1. The number of halogens is 3. The summed E-state index contributed by atoms with van der Waals surface area (Å²) in [6.07, 6.45) is 1.70. The summed E-state index contributed by atoms with van der Waals surface area (Å²) in [6.45, 7) is 0.251. The number of hydrogen-bond acceptors (Lipinski definition) is 3. The smallest absolute Gasteiger partial charge is 0.256 e. The number of hydrogen-bond donors (Lipinski definition) is 1. The molecule has 0 saturated heterocycles. The average molecular weight is 444 g/mol. The lowest BCUT2D eigenvalue weighted by molar-refractivity contribution is 0.0335. The lowest BCUT2D eigenvalue weighted by Crippen LogP contribution is -2.37. The van der Waals surface area contributed by atoms with Crippen LogP contribution in [0, 0.1) is 11.6 Å². The van der Waals surface area contributed by atoms with Crippen LogP contribution in [0.25, 0.3) is 16.3 Å². The van der Waals surface area contributed by atoms with E-state index in [-0.39, 0.29) is 29.9 Å². The first-order chi connectivity index (χ1) is 14.8. The van der Waals surface area contributed by atoms with Gasteiger partial charge < -0.3 is 19.0 Å². The fourth-order valence-electron chi connectivity index (χ4n) is 4.10. The van der Waals surface area contributed by atoms with Gasteiger partial charge in [-0.1, -0.05) is 11.6 Å². The van der Waals surface area contributed by atoms with Gasteiger partial charge in [-0.05, 0) is 41.8 Å². The molecule has 31 heavy (non-hydrogen) atoms. The van der Waals surface area contributed by atoms with E-state index in [1.807, 2.05) is 0 Å². The summed E-state index contributed by atoms with van der Waals surface area (Å²) >= 11 is 6.10. The van der Waals surface area contributed by atoms with E-state index in [1.54, 1.807) is 41.9 Å². The number of benzene rings is 1. The van der Waals surface area contributed by atoms with E-state index in [9.17, 15) is 18.4 Å². The van der Waals surface area contributed by atoms with Gasteiger partial charge in [0.25, 0.3) is 11.5 Å². The maximum Gasteiger partial charge on any atom is 0.256 e. The predicted octanol–water partition coefficient (Wildman–Crippen LogP) is 4.06. The zero-order valence-corrected chi connectivity index (χ0v) is 17.0. The lowest BCUT2D eigenvalue weighted by atomic mass is 9.95. The van der Waals surface area contributed by atoms with E-state index in [2.05, 4.69) is 4.98 Å². The second-order valence-corrected chi connectivity index (χ2v) is 7.86. The Hall–Kier alpha value is -3.23. The van der Waals surface area contributed by atoms with E-state index in [4.69, 9.17) is 16.3 Å². The van der Waals surface area contributed by atoms with Crippen molar-refractivity contribution < 1.29 is 18.3 Å². The van der Waals surface area contributed by atoms with Gasteiger partial charge in [0.2, 0.25) is 0 Å². The van der Waals surface area contributed by atoms with E-state index in [1.165, 1.54) is 4.90 Å². The number of amides is 1. The van der Waals surface area contributed by atoms with Gasteiger partial charge in [-0.25, -0.2) is 8.78 Å². The van der Waals surface area contributed by atoms with Gasteiger partial charge in [-0.3, -0.25) is 9.59 Å². The molecule has 0 spiro atoms. The van der Waals surface area contributed by atoms with E-state index >= 15 is 0 Å². The van der Waals surface area contributed by atoms with Crippen molar-refractivity contribution in [1.82, 2.24) is 14.3 Å². The number of likely N-dealkylation sites (N-methyl/N-ethyl adjacent to an activating group) is 1. The van der Waals surface area contributed by atoms with E-state index < -0.39 is 23.2 Å². The summed E-state index contributed by atoms with van der Waals surface area (Å²) in [5, 5.41) is 0.815. The number of carbonyl (C=O) groups excluding carboxylic acids is 1. The molecule has 5 rings (SSSR count). The highest BCUT2D eigenvalue weighted by Crippen LogP contribution is 2.34. The number of nitrogens with one attached hydrogen (secondary N) is 1. The number of nitrogens with zero attached hydrogens (tertiary/aromatic N) is 2. The standard InChI is InChI=1S/C22H16ClF2N3O3/c1-27(22(30)11-4-5-28-12(6-11)2-3-19(28)23)18-10-31-9-17-20(18)13-7-15(24)16(25)8-14(13)21(29)26-17/h2-8,18H,9-10H2,1H3,(H,26,29)/t18-/m1/s1. The van der Waals surface area contributed by atoms with Gasteiger partial charge >= 0.3 is 0 Å². The first kappa shape index (κ1) is 19.7. The summed E-state index contributed by atoms with van der Waals surface area (Å²) in [4.78, 5) is 29.8. The Balaban J connectivity index is 1.61. The number of H-pyrrole nitrogens is 1. The largest absolute Gasteiger partial charge is 0.373 e. The van der Waals surface area contributed by atoms with Crippen LogP contribution < -0.4 is 5.56 Å². The van der Waals surface area contributed by atoms with Crippen LogP contribution in [0.3, 0.4) is 0 Å². The van der Waals surface area contributed by atoms with Crippen molar-refractivity contribution in [3.05, 3.63) is 86.6 Å². The zero-order chi connectivity index (χ0) is 21.9. The number of aromatic amines is 1. The Morgan fingerprint density at radius 2 is 1.94 bits per heavy atom. The summed E-state index contributed by atoms with van der Waals surface area (Å²) in [5.41, 5.74) is 1.64. The van der Waals surface area contributed by atoms with Crippen LogP contribution >= 0.6 is 11.6 Å². The Morgan fingerprint density at radius 1 is 1.19 bits per heavy atom. The quantitative estimate of drug-likeness (QED) is 0.508. The topological polar surface area (TPSA) is 66.8 Å². The molecule has 1 N–H and O–H groups in total. The summed E-state index contributed by atoms with van der Waals surface area (Å²) in [7, 11) is 1.61. The monoisotopic (exact) mass is 443 g/mol. The van der Waals surface area contributed by atoms with Crippen LogP contribution in [0.4, 0.5) is 8.78 Å². The number of ether oxygens (including phenoxy) is 1. The minimum absolute atomic E-state index is 0.0228. The minimum atomic E-state index is -1.11. The number of rotatable bonds is 2. The second kappa shape index (κ2) is 7.18. The predicted molar refractivity (Wildman–Crippen MR) is 111 cm³/mol. The first-order valence-electron chi connectivity index (χ1n) is 9.50. The zero-order valence-electron chi connectivity index (χ0n) is 16.3. The van der Waals surface area contributed by atoms with E-state index in [0.717, 1.165) is 17.6 Å². The highest BCUT2D eigenvalue weighted by molar-refractivity contribution is 6.30. The molecule has 1 aliphatic rings. The van der Waals surface area contributed by atoms with Crippen molar-refractivity contribution >= 4 is 33.8 Å². The Kier molecular flexibility index (Phi) is 4.56. The van der Waals surface area contributed by atoms with Crippen LogP contribution in [-0.2, 0) is 11.3 Å². The first-order valence-corrected chi connectivity index (χ1v) is 9.88. The highest BCUT2D eigenvalue weighted by Gasteiger charge is 2.31. The van der Waals surface area contributed by atoms with Crippen molar-refractivity contribution in [2.75, 3.05) is 13.7 Å². The molecule has 6 nitrogen and oxygen atoms in total. The Morgan fingerprint density at radius 3 is 2.71 bits per heavy atom. The van der Waals surface area contributed by atoms with Gasteiger partial charge in [0.15, 0.2) is 11.6 Å². The van der Waals surface area contributed by atoms with Crippen LogP contribution in [0.5, 0.6) is 0 Å². The summed E-state index contributed by atoms with van der Waals surface area (Å²) in [5.74, 6) is -2.46. The average Bonchev–Trinajstić information content (AvgIpc) is 3.14. The normalized spacial score (nSPS) is 15.9. The fourth-order valence-corrected chi connectivity index (χ4v) is 4.32. The van der Waals surface area contributed by atoms with Crippen molar-refractivity contribution in [2.24, 2.45) is 0 Å². The molecule has 0 fully saturated rings. The van der Waals surface area contributed by atoms with Crippen molar-refractivity contribution in [1.29, 1.82) is 0 Å². The minimum Gasteiger partial charge on any atom is -0.373 e. The molecule has 1 aromatic carbocycles. The van der Waals surface area contributed by atoms with Crippen LogP contribution in [-0.4, -0.2) is 33.8 Å². The van der Waals surface area contributed by atoms with Crippen LogP contribution in [0.1, 0.15) is 27.7 Å². The second-order valence-electron chi connectivity index (χ2n) is 7.47. The third kappa shape index (κ3) is 3.10. The van der Waals surface area contributed by atoms with Crippen LogP contribution in [0.2, 0.25) is 5.15 Å². The highest BCUT2D eigenvalue weighted by atomic mass is 35.5. The Bertz CT molecular complexity index is 1430. The molecule has 0 unspecified atom stereocenters. The molecule has 0 saturated carbocycles. The molecule has 4 heterocycles. The third-order valence-electron chi connectivity index (χ3n) is 5.68. The van der Waals surface area contributed by atoms with E-state index in [0.29, 0.717) is 22.0 Å². The molecule has 0 bridgehead atoms. The van der Waals surface area contributed by atoms with Crippen molar-refractivity contribution in [3.8, 4) is 0 Å². The molecule has 9 heteroatoms. The van der Waals surface area contributed by atoms with Gasteiger partial charge in [-0.2, -0.15) is 0 Å². The fraction of sp³-hybridized carbons (Fsp3) is 0.182. The van der Waals surface area contributed by atoms with Gasteiger partial charge in [0, 0.05) is 35.6 Å². The van der Waals surface area contributed by atoms with Gasteiger partial charge in [0.1, 0.15) is 5.15 Å². The molecule has 0 aliphatic carbocycles. The molecule has 4 aromatic rings.